The molecule has 2 aromatic heterocycles. The number of aliphatic hydroxyl groups excluding tert-OH is 1. The van der Waals surface area contributed by atoms with Crippen LogP contribution in [0, 0.1) is 0 Å². The first-order valence-corrected chi connectivity index (χ1v) is 12.3. The smallest absolute Gasteiger partial charge is 0.352 e. The van der Waals surface area contributed by atoms with E-state index in [2.05, 4.69) is 19.8 Å². The molecule has 0 saturated carbocycles. The minimum Gasteiger partial charge on any atom is -0.477 e. The fourth-order valence-electron chi connectivity index (χ4n) is 3.69. The molecule has 36 heavy (non-hydrogen) atoms. The number of amides is 2. The van der Waals surface area contributed by atoms with Gasteiger partial charge in [-0.25, -0.2) is 9.36 Å². The number of nitrogen functional groups attached to an aromatic ring is 1. The van der Waals surface area contributed by atoms with Crippen LogP contribution in [0.4, 0.5) is 5.13 Å². The summed E-state index contributed by atoms with van der Waals surface area (Å²) in [6.07, 6.45) is 7.06. The molecule has 2 aliphatic rings. The summed E-state index contributed by atoms with van der Waals surface area (Å²) in [4.78, 5) is 47.5. The van der Waals surface area contributed by atoms with Crippen LogP contribution >= 0.6 is 23.3 Å². The van der Waals surface area contributed by atoms with Gasteiger partial charge in [0.05, 0.1) is 6.61 Å². The molecule has 0 bridgehead atoms. The van der Waals surface area contributed by atoms with Crippen LogP contribution in [0.3, 0.4) is 0 Å². The van der Waals surface area contributed by atoms with E-state index in [9.17, 15) is 24.6 Å². The van der Waals surface area contributed by atoms with Gasteiger partial charge in [0.2, 0.25) is 11.5 Å². The zero-order chi connectivity index (χ0) is 25.8. The summed E-state index contributed by atoms with van der Waals surface area (Å²) in [5.41, 5.74) is 6.42. The molecule has 2 atom stereocenters. The largest absolute Gasteiger partial charge is 0.477 e. The third kappa shape index (κ3) is 5.07. The van der Waals surface area contributed by atoms with Gasteiger partial charge in [0, 0.05) is 28.9 Å². The molecule has 4 heterocycles. The Balaban J connectivity index is 1.48. The first-order valence-electron chi connectivity index (χ1n) is 10.5. The predicted octanol–water partition coefficient (Wildman–Crippen LogP) is -0.754. The first kappa shape index (κ1) is 25.3. The van der Waals surface area contributed by atoms with Crippen molar-refractivity contribution in [3.8, 4) is 0 Å². The Morgan fingerprint density at radius 2 is 2.28 bits per heavy atom. The van der Waals surface area contributed by atoms with Crippen LogP contribution in [0.15, 0.2) is 53.1 Å². The maximum Gasteiger partial charge on any atom is 0.352 e. The quantitative estimate of drug-likeness (QED) is 0.139. The third-order valence-electron chi connectivity index (χ3n) is 5.28. The summed E-state index contributed by atoms with van der Waals surface area (Å²) in [5, 5.41) is 24.9. The van der Waals surface area contributed by atoms with E-state index in [1.54, 1.807) is 30.5 Å². The Morgan fingerprint density at radius 1 is 1.47 bits per heavy atom. The number of carbonyl (C=O) groups is 3. The molecule has 1 fully saturated rings. The summed E-state index contributed by atoms with van der Waals surface area (Å²) < 4.78 is 5.78. The molecule has 1 unspecified atom stereocenters. The number of nitrogens with two attached hydrogens (primary N) is 1. The summed E-state index contributed by atoms with van der Waals surface area (Å²) in [6.45, 7) is 0.362. The molecule has 0 radical (unpaired) electrons. The fourth-order valence-corrected chi connectivity index (χ4v) is 5.44. The monoisotopic (exact) mass is 532 g/mol. The second kappa shape index (κ2) is 10.8. The number of pyridine rings is 1. The number of oxime groups is 1. The number of nitrogens with zero attached hydrogens (tertiary/aromatic N) is 5. The number of carboxylic acid groups (broad SMARTS) is 1. The average molecular weight is 533 g/mol. The van der Waals surface area contributed by atoms with Crippen molar-refractivity contribution < 1.29 is 34.0 Å². The lowest BCUT2D eigenvalue weighted by Gasteiger charge is -2.49. The van der Waals surface area contributed by atoms with Crippen LogP contribution in [0.2, 0.25) is 0 Å². The SMILES string of the molecule is CO/N=C(\C(=O)NC1C(=O)N2C(C(=O)O)=C(/C=C/C[n+]3cccc(CO)c3)CS[C@H]12)c1nsc(N)n1. The van der Waals surface area contributed by atoms with Crippen molar-refractivity contribution in [3.05, 3.63) is 59.3 Å². The number of aliphatic carboxylic acids is 1. The van der Waals surface area contributed by atoms with E-state index >= 15 is 0 Å². The number of anilines is 1. The topological polar surface area (TPSA) is 184 Å². The van der Waals surface area contributed by atoms with Crippen LogP contribution < -0.4 is 15.6 Å². The number of nitrogens with one attached hydrogen (secondary N) is 1. The number of allylic oxidation sites excluding steroid dienone is 2. The van der Waals surface area contributed by atoms with Crippen molar-refractivity contribution in [1.29, 1.82) is 0 Å². The van der Waals surface area contributed by atoms with Crippen LogP contribution in [0.1, 0.15) is 11.4 Å². The molecule has 15 heteroatoms. The molecule has 4 rings (SSSR count). The molecule has 0 aromatic carbocycles. The zero-order valence-electron chi connectivity index (χ0n) is 18.9. The number of hydrogen-bond acceptors (Lipinski definition) is 11. The minimum atomic E-state index is -1.24. The second-order valence-corrected chi connectivity index (χ2v) is 9.48. The molecule has 2 aromatic rings. The number of β-lactam (4-membered cyclic amide) rings is 1. The van der Waals surface area contributed by atoms with Gasteiger partial charge in [0.25, 0.3) is 11.8 Å². The maximum absolute atomic E-state index is 12.9. The highest BCUT2D eigenvalue weighted by atomic mass is 32.2. The number of aliphatic hydroxyl groups is 1. The Kier molecular flexibility index (Phi) is 7.61. The van der Waals surface area contributed by atoms with Crippen molar-refractivity contribution >= 4 is 51.9 Å². The van der Waals surface area contributed by atoms with E-state index in [-0.39, 0.29) is 29.0 Å². The highest BCUT2D eigenvalue weighted by Crippen LogP contribution is 2.40. The van der Waals surface area contributed by atoms with Crippen molar-refractivity contribution in [2.75, 3.05) is 18.6 Å². The van der Waals surface area contributed by atoms with Crippen LogP contribution in [-0.2, 0) is 32.4 Å². The Morgan fingerprint density at radius 3 is 2.94 bits per heavy atom. The summed E-state index contributed by atoms with van der Waals surface area (Å²) in [7, 11) is 1.25. The zero-order valence-corrected chi connectivity index (χ0v) is 20.5. The number of thioether (sulfide) groups is 1. The van der Waals surface area contributed by atoms with Gasteiger partial charge < -0.3 is 26.1 Å². The number of carboxylic acids is 1. The number of rotatable bonds is 9. The minimum absolute atomic E-state index is 0.0438. The molecular formula is C21H22N7O6S2+. The molecule has 2 aliphatic heterocycles. The molecule has 2 amide bonds. The molecule has 0 aliphatic carbocycles. The van der Waals surface area contributed by atoms with Crippen LogP contribution in [0.5, 0.6) is 0 Å². The number of aromatic nitrogens is 3. The summed E-state index contributed by atoms with van der Waals surface area (Å²) in [5.74, 6) is -2.27. The molecule has 5 N–H and O–H groups in total. The standard InChI is InChI=1S/C21H21N7O6S2/c1-34-25-13(16-24-21(22)36-26-16)17(30)23-14-18(31)28-15(20(32)33)12(10-35-19(14)28)5-3-7-27-6-2-4-11(8-27)9-29/h2-6,8,14,19,29H,7,9-10H2,1H3,(H3-,22,23,24,26,30,32,33)/p+1/b5-3+,25-13-/t14?,19-/m1/s1. The van der Waals surface area contributed by atoms with Gasteiger partial charge >= 0.3 is 5.97 Å². The summed E-state index contributed by atoms with van der Waals surface area (Å²) >= 11 is 2.21. The molecule has 188 valence electrons. The molecule has 0 spiro atoms. The Hall–Kier alpha value is -3.82. The third-order valence-corrected chi connectivity index (χ3v) is 7.12. The van der Waals surface area contributed by atoms with Crippen LogP contribution in [-0.4, -0.2) is 72.2 Å². The van der Waals surface area contributed by atoms with Gasteiger partial charge in [-0.05, 0) is 17.7 Å². The van der Waals surface area contributed by atoms with E-state index in [4.69, 9.17) is 10.6 Å². The lowest BCUT2D eigenvalue weighted by Crippen LogP contribution is -2.71. The first-order chi connectivity index (χ1) is 17.3. The lowest BCUT2D eigenvalue weighted by atomic mass is 10.0. The normalized spacial score (nSPS) is 19.8. The van der Waals surface area contributed by atoms with E-state index in [0.29, 0.717) is 17.9 Å². The highest BCUT2D eigenvalue weighted by molar-refractivity contribution is 8.00. The van der Waals surface area contributed by atoms with E-state index in [1.165, 1.54) is 23.8 Å². The summed E-state index contributed by atoms with van der Waals surface area (Å²) in [6, 6.07) is 2.63. The molecular weight excluding hydrogens is 510 g/mol. The van der Waals surface area contributed by atoms with Gasteiger partial charge in [-0.2, -0.15) is 9.36 Å². The lowest BCUT2D eigenvalue weighted by molar-refractivity contribution is -0.687. The second-order valence-electron chi connectivity index (χ2n) is 7.59. The van der Waals surface area contributed by atoms with Gasteiger partial charge in [0.1, 0.15) is 24.2 Å². The average Bonchev–Trinajstić information content (AvgIpc) is 3.30. The van der Waals surface area contributed by atoms with Gasteiger partial charge in [-0.15, -0.1) is 11.8 Å². The Labute approximate surface area is 213 Å². The van der Waals surface area contributed by atoms with Crippen molar-refractivity contribution in [2.45, 2.75) is 24.6 Å². The van der Waals surface area contributed by atoms with Crippen molar-refractivity contribution in [1.82, 2.24) is 19.6 Å². The Bertz CT molecular complexity index is 1290. The molecule has 13 nitrogen and oxygen atoms in total. The van der Waals surface area contributed by atoms with Gasteiger partial charge in [-0.3, -0.25) is 14.5 Å². The number of hydrogen-bond donors (Lipinski definition) is 4. The van der Waals surface area contributed by atoms with E-state index < -0.39 is 29.2 Å². The number of carbonyl (C=O) groups excluding carboxylic acids is 2. The number of fused-ring (bicyclic) bond motifs is 1. The van der Waals surface area contributed by atoms with Gasteiger partial charge in [0.15, 0.2) is 24.1 Å². The van der Waals surface area contributed by atoms with Gasteiger partial charge in [-0.1, -0.05) is 11.2 Å². The highest BCUT2D eigenvalue weighted by Gasteiger charge is 2.54. The van der Waals surface area contributed by atoms with Crippen LogP contribution in [0.25, 0.3) is 0 Å². The van der Waals surface area contributed by atoms with E-state index in [1.807, 2.05) is 10.8 Å². The van der Waals surface area contributed by atoms with Crippen molar-refractivity contribution in [2.24, 2.45) is 5.16 Å². The maximum atomic E-state index is 12.9. The van der Waals surface area contributed by atoms with E-state index in [0.717, 1.165) is 17.1 Å². The molecule has 1 saturated heterocycles. The fraction of sp³-hybridized carbons (Fsp3) is 0.286. The van der Waals surface area contributed by atoms with Crippen molar-refractivity contribution in [3.63, 3.8) is 0 Å². The predicted molar refractivity (Wildman–Crippen MR) is 129 cm³/mol.